The van der Waals surface area contributed by atoms with Crippen LogP contribution in [0.3, 0.4) is 0 Å². The molecule has 0 radical (unpaired) electrons. The van der Waals surface area contributed by atoms with Crippen LogP contribution in [-0.2, 0) is 0 Å². The highest BCUT2D eigenvalue weighted by molar-refractivity contribution is 9.10. The maximum Gasteiger partial charge on any atom is 0.0997 e. The molecular weight excluding hydrogens is 240 g/mol. The monoisotopic (exact) mass is 250 g/mol. The van der Waals surface area contributed by atoms with Crippen molar-refractivity contribution in [2.75, 3.05) is 0 Å². The fourth-order valence-electron chi connectivity index (χ4n) is 1.39. The molecule has 14 heavy (non-hydrogen) atoms. The van der Waals surface area contributed by atoms with Crippen molar-refractivity contribution >= 4 is 15.9 Å². The maximum atomic E-state index is 4.28. The van der Waals surface area contributed by atoms with Crippen molar-refractivity contribution < 1.29 is 0 Å². The van der Waals surface area contributed by atoms with E-state index in [1.165, 1.54) is 5.69 Å². The van der Waals surface area contributed by atoms with Crippen molar-refractivity contribution in [2.45, 2.75) is 13.8 Å². The van der Waals surface area contributed by atoms with Gasteiger partial charge in [-0.15, -0.1) is 0 Å². The molecule has 0 fully saturated rings. The first kappa shape index (κ1) is 9.46. The number of rotatable bonds is 1. The highest BCUT2D eigenvalue weighted by Crippen LogP contribution is 2.22. The quantitative estimate of drug-likeness (QED) is 0.760. The fraction of sp³-hybridized carbons (Fsp3) is 0.182. The summed E-state index contributed by atoms with van der Waals surface area (Å²) < 4.78 is 3.17. The van der Waals surface area contributed by atoms with Gasteiger partial charge in [-0.1, -0.05) is 12.1 Å². The number of aromatic nitrogens is 2. The van der Waals surface area contributed by atoms with E-state index < -0.39 is 0 Å². The molecule has 0 aliphatic carbocycles. The van der Waals surface area contributed by atoms with Gasteiger partial charge in [0.1, 0.15) is 0 Å². The minimum Gasteiger partial charge on any atom is -0.302 e. The van der Waals surface area contributed by atoms with E-state index in [1.807, 2.05) is 31.5 Å². The third-order valence-electron chi connectivity index (χ3n) is 2.36. The minimum atomic E-state index is 1.07. The van der Waals surface area contributed by atoms with Gasteiger partial charge in [0, 0.05) is 10.2 Å². The number of para-hydroxylation sites is 1. The van der Waals surface area contributed by atoms with Crippen molar-refractivity contribution in [2.24, 2.45) is 0 Å². The van der Waals surface area contributed by atoms with Crippen LogP contribution in [0.5, 0.6) is 0 Å². The molecule has 0 N–H and O–H groups in total. The zero-order valence-electron chi connectivity index (χ0n) is 8.16. The molecule has 0 saturated carbocycles. The number of benzene rings is 1. The Kier molecular flexibility index (Phi) is 2.42. The predicted octanol–water partition coefficient (Wildman–Crippen LogP) is 3.25. The third kappa shape index (κ3) is 1.48. The second kappa shape index (κ2) is 3.58. The van der Waals surface area contributed by atoms with Gasteiger partial charge >= 0.3 is 0 Å². The molecule has 0 amide bonds. The van der Waals surface area contributed by atoms with E-state index in [0.29, 0.717) is 0 Å². The Bertz CT molecular complexity index is 460. The Labute approximate surface area is 91.7 Å². The van der Waals surface area contributed by atoms with Crippen molar-refractivity contribution in [3.63, 3.8) is 0 Å². The van der Waals surface area contributed by atoms with Gasteiger partial charge in [-0.05, 0) is 41.9 Å². The zero-order valence-corrected chi connectivity index (χ0v) is 9.75. The molecule has 0 atom stereocenters. The Morgan fingerprint density at radius 2 is 1.93 bits per heavy atom. The third-order valence-corrected chi connectivity index (χ3v) is 3.03. The van der Waals surface area contributed by atoms with E-state index in [1.54, 1.807) is 0 Å². The molecule has 0 aliphatic heterocycles. The lowest BCUT2D eigenvalue weighted by Gasteiger charge is -2.07. The normalized spacial score (nSPS) is 10.5. The van der Waals surface area contributed by atoms with E-state index in [0.717, 1.165) is 15.9 Å². The van der Waals surface area contributed by atoms with Crippen LogP contribution < -0.4 is 0 Å². The first-order chi connectivity index (χ1) is 6.70. The van der Waals surface area contributed by atoms with Crippen LogP contribution in [0.15, 0.2) is 35.1 Å². The first-order valence-electron chi connectivity index (χ1n) is 4.45. The number of aryl methyl sites for hydroxylation is 1. The van der Waals surface area contributed by atoms with Gasteiger partial charge in [-0.2, -0.15) is 0 Å². The van der Waals surface area contributed by atoms with Gasteiger partial charge in [-0.3, -0.25) is 0 Å². The van der Waals surface area contributed by atoms with Crippen LogP contribution in [-0.4, -0.2) is 9.55 Å². The lowest BCUT2D eigenvalue weighted by molar-refractivity contribution is 0.995. The Morgan fingerprint density at radius 3 is 2.50 bits per heavy atom. The van der Waals surface area contributed by atoms with Gasteiger partial charge < -0.3 is 4.57 Å². The second-order valence-electron chi connectivity index (χ2n) is 3.24. The van der Waals surface area contributed by atoms with Gasteiger partial charge in [0.05, 0.1) is 17.7 Å². The molecule has 2 aromatic rings. The molecular formula is C11H11BrN2. The smallest absolute Gasteiger partial charge is 0.0997 e. The number of imidazole rings is 1. The summed E-state index contributed by atoms with van der Waals surface area (Å²) in [6.45, 7) is 4.09. The first-order valence-corrected chi connectivity index (χ1v) is 5.25. The summed E-state index contributed by atoms with van der Waals surface area (Å²) in [6, 6.07) is 8.13. The molecule has 1 aromatic carbocycles. The molecule has 0 spiro atoms. The number of hydrogen-bond acceptors (Lipinski definition) is 1. The predicted molar refractivity (Wildman–Crippen MR) is 60.7 cm³/mol. The number of halogens is 1. The number of hydrogen-bond donors (Lipinski definition) is 0. The van der Waals surface area contributed by atoms with Gasteiger partial charge in [0.2, 0.25) is 0 Å². The van der Waals surface area contributed by atoms with E-state index in [2.05, 4.69) is 38.5 Å². The molecule has 0 unspecified atom stereocenters. The highest BCUT2D eigenvalue weighted by Gasteiger charge is 2.06. The molecule has 0 aliphatic rings. The van der Waals surface area contributed by atoms with Crippen LogP contribution in [0.1, 0.15) is 11.4 Å². The molecule has 2 rings (SSSR count). The largest absolute Gasteiger partial charge is 0.302 e. The van der Waals surface area contributed by atoms with Gasteiger partial charge in [0.25, 0.3) is 0 Å². The molecule has 3 heteroatoms. The van der Waals surface area contributed by atoms with Crippen LogP contribution >= 0.6 is 15.9 Å². The molecule has 1 heterocycles. The molecule has 2 nitrogen and oxygen atoms in total. The lowest BCUT2D eigenvalue weighted by atomic mass is 10.3. The molecule has 0 saturated heterocycles. The van der Waals surface area contributed by atoms with Crippen LogP contribution in [0.2, 0.25) is 0 Å². The molecule has 72 valence electrons. The number of nitrogens with zero attached hydrogens (tertiary/aromatic N) is 2. The second-order valence-corrected chi connectivity index (χ2v) is 4.09. The standard InChI is InChI=1S/C11H11BrN2/c1-8-9(2)14(7-13-8)11-6-4-3-5-10(11)12/h3-7H,1-2H3. The van der Waals surface area contributed by atoms with Crippen molar-refractivity contribution in [3.8, 4) is 5.69 Å². The topological polar surface area (TPSA) is 17.8 Å². The maximum absolute atomic E-state index is 4.28. The Morgan fingerprint density at radius 1 is 1.21 bits per heavy atom. The van der Waals surface area contributed by atoms with Crippen LogP contribution in [0, 0.1) is 13.8 Å². The van der Waals surface area contributed by atoms with Gasteiger partial charge in [0.15, 0.2) is 0 Å². The summed E-state index contributed by atoms with van der Waals surface area (Å²) >= 11 is 3.53. The summed E-state index contributed by atoms with van der Waals surface area (Å²) in [5.41, 5.74) is 3.38. The summed E-state index contributed by atoms with van der Waals surface area (Å²) in [4.78, 5) is 4.28. The summed E-state index contributed by atoms with van der Waals surface area (Å²) in [6.07, 6.45) is 1.85. The van der Waals surface area contributed by atoms with E-state index in [-0.39, 0.29) is 0 Å². The van der Waals surface area contributed by atoms with Crippen LogP contribution in [0.25, 0.3) is 5.69 Å². The van der Waals surface area contributed by atoms with E-state index in [9.17, 15) is 0 Å². The highest BCUT2D eigenvalue weighted by atomic mass is 79.9. The van der Waals surface area contributed by atoms with Crippen molar-refractivity contribution in [3.05, 3.63) is 46.5 Å². The zero-order chi connectivity index (χ0) is 10.1. The van der Waals surface area contributed by atoms with Crippen molar-refractivity contribution in [1.82, 2.24) is 9.55 Å². The fourth-order valence-corrected chi connectivity index (χ4v) is 1.86. The van der Waals surface area contributed by atoms with Gasteiger partial charge in [-0.25, -0.2) is 4.98 Å². The molecule has 1 aromatic heterocycles. The van der Waals surface area contributed by atoms with Crippen molar-refractivity contribution in [1.29, 1.82) is 0 Å². The lowest BCUT2D eigenvalue weighted by Crippen LogP contribution is -1.95. The summed E-state index contributed by atoms with van der Waals surface area (Å²) in [5, 5.41) is 0. The average Bonchev–Trinajstić information content (AvgIpc) is 2.49. The molecule has 0 bridgehead atoms. The summed E-state index contributed by atoms with van der Waals surface area (Å²) in [7, 11) is 0. The minimum absolute atomic E-state index is 1.07. The van der Waals surface area contributed by atoms with E-state index in [4.69, 9.17) is 0 Å². The Hall–Kier alpha value is -1.09. The van der Waals surface area contributed by atoms with Crippen LogP contribution in [0.4, 0.5) is 0 Å². The average molecular weight is 251 g/mol. The SMILES string of the molecule is Cc1ncn(-c2ccccc2Br)c1C. The summed E-state index contributed by atoms with van der Waals surface area (Å²) in [5.74, 6) is 0. The Balaban J connectivity index is 2.60. The van der Waals surface area contributed by atoms with E-state index >= 15 is 0 Å².